The number of nitrogens with zero attached hydrogens (tertiary/aromatic N) is 7. The normalized spacial score (nSPS) is 11.7. The first-order valence-electron chi connectivity index (χ1n) is 10.3. The van der Waals surface area contributed by atoms with Crippen LogP contribution in [0.1, 0.15) is 39.2 Å². The molecule has 29 heavy (non-hydrogen) atoms. The van der Waals surface area contributed by atoms with Crippen molar-refractivity contribution < 1.29 is 0 Å². The molecule has 4 rings (SSSR count). The van der Waals surface area contributed by atoms with E-state index < -0.39 is 0 Å². The Kier molecular flexibility index (Phi) is 5.71. The van der Waals surface area contributed by atoms with E-state index >= 15 is 0 Å². The Morgan fingerprint density at radius 2 is 1.83 bits per heavy atom. The Labute approximate surface area is 170 Å². The van der Waals surface area contributed by atoms with Crippen LogP contribution in [-0.2, 0) is 6.54 Å². The van der Waals surface area contributed by atoms with Crippen molar-refractivity contribution in [2.24, 2.45) is 0 Å². The molecule has 0 amide bonds. The predicted molar refractivity (Wildman–Crippen MR) is 114 cm³/mol. The van der Waals surface area contributed by atoms with Crippen molar-refractivity contribution >= 4 is 5.52 Å². The zero-order valence-corrected chi connectivity index (χ0v) is 17.3. The van der Waals surface area contributed by atoms with Crippen LogP contribution in [0.5, 0.6) is 0 Å². The van der Waals surface area contributed by atoms with E-state index in [2.05, 4.69) is 45.3 Å². The maximum Gasteiger partial charge on any atom is 0.0999 e. The SMILES string of the molecule is CCC(CC)n1cc(-c2nc(-c3cnn(CCCNC)c3)cn3nccc23)cn1. The Balaban J connectivity index is 1.70. The predicted octanol–water partition coefficient (Wildman–Crippen LogP) is 3.43. The lowest BCUT2D eigenvalue weighted by molar-refractivity contribution is 0.428. The second-order valence-electron chi connectivity index (χ2n) is 7.26. The van der Waals surface area contributed by atoms with Crippen LogP contribution in [0.3, 0.4) is 0 Å². The van der Waals surface area contributed by atoms with E-state index in [0.717, 1.165) is 60.4 Å². The summed E-state index contributed by atoms with van der Waals surface area (Å²) in [4.78, 5) is 4.97. The van der Waals surface area contributed by atoms with E-state index in [-0.39, 0.29) is 0 Å². The molecule has 4 aromatic rings. The van der Waals surface area contributed by atoms with Crippen LogP contribution >= 0.6 is 0 Å². The minimum atomic E-state index is 0.406. The van der Waals surface area contributed by atoms with E-state index in [1.54, 1.807) is 6.20 Å². The average molecular weight is 393 g/mol. The van der Waals surface area contributed by atoms with Gasteiger partial charge in [0.05, 0.1) is 47.7 Å². The van der Waals surface area contributed by atoms with Gasteiger partial charge in [-0.15, -0.1) is 0 Å². The van der Waals surface area contributed by atoms with Crippen molar-refractivity contribution in [3.63, 3.8) is 0 Å². The molecule has 0 saturated heterocycles. The van der Waals surface area contributed by atoms with Crippen molar-refractivity contribution in [3.8, 4) is 22.5 Å². The molecule has 8 nitrogen and oxygen atoms in total. The van der Waals surface area contributed by atoms with Crippen molar-refractivity contribution in [1.82, 2.24) is 39.5 Å². The third-order valence-corrected chi connectivity index (χ3v) is 5.32. The molecule has 8 heteroatoms. The van der Waals surface area contributed by atoms with Gasteiger partial charge in [-0.2, -0.15) is 15.3 Å². The van der Waals surface area contributed by atoms with Gasteiger partial charge in [0.25, 0.3) is 0 Å². The van der Waals surface area contributed by atoms with Gasteiger partial charge in [0.15, 0.2) is 0 Å². The van der Waals surface area contributed by atoms with Crippen molar-refractivity contribution in [1.29, 1.82) is 0 Å². The van der Waals surface area contributed by atoms with Crippen LogP contribution in [-0.4, -0.2) is 47.8 Å². The van der Waals surface area contributed by atoms with E-state index in [1.807, 2.05) is 47.1 Å². The fourth-order valence-corrected chi connectivity index (χ4v) is 3.64. The Bertz CT molecular complexity index is 1070. The smallest absolute Gasteiger partial charge is 0.0999 e. The number of aromatic nitrogens is 7. The minimum Gasteiger partial charge on any atom is -0.320 e. The van der Waals surface area contributed by atoms with Gasteiger partial charge in [-0.05, 0) is 38.9 Å². The summed E-state index contributed by atoms with van der Waals surface area (Å²) in [7, 11) is 1.96. The highest BCUT2D eigenvalue weighted by Gasteiger charge is 2.15. The summed E-state index contributed by atoms with van der Waals surface area (Å²) in [5.74, 6) is 0. The summed E-state index contributed by atoms with van der Waals surface area (Å²) in [6, 6.07) is 2.39. The van der Waals surface area contributed by atoms with Gasteiger partial charge < -0.3 is 5.32 Å². The zero-order chi connectivity index (χ0) is 20.2. The number of rotatable bonds is 9. The Morgan fingerprint density at radius 3 is 2.62 bits per heavy atom. The molecule has 0 radical (unpaired) electrons. The van der Waals surface area contributed by atoms with Gasteiger partial charge in [-0.25, -0.2) is 9.50 Å². The minimum absolute atomic E-state index is 0.406. The van der Waals surface area contributed by atoms with Crippen molar-refractivity contribution in [2.75, 3.05) is 13.6 Å². The topological polar surface area (TPSA) is 77.9 Å². The third kappa shape index (κ3) is 3.93. The number of hydrogen-bond donors (Lipinski definition) is 1. The van der Waals surface area contributed by atoms with Gasteiger partial charge in [0.2, 0.25) is 0 Å². The first-order valence-corrected chi connectivity index (χ1v) is 10.3. The standard InChI is InChI=1S/C21H28N8/c1-4-18(5-2)28-14-17(12-25-28)21-20-7-9-23-29(20)15-19(26-21)16-11-24-27(13-16)10-6-8-22-3/h7,9,11-15,18,22H,4-6,8,10H2,1-3H3. The number of aryl methyl sites for hydroxylation is 1. The zero-order valence-electron chi connectivity index (χ0n) is 17.3. The van der Waals surface area contributed by atoms with Crippen LogP contribution in [0.15, 0.2) is 43.2 Å². The molecule has 0 spiro atoms. The van der Waals surface area contributed by atoms with Crippen LogP contribution in [0.4, 0.5) is 0 Å². The quantitative estimate of drug-likeness (QED) is 0.442. The molecule has 0 aliphatic rings. The molecular formula is C21H28N8. The molecule has 0 aliphatic carbocycles. The third-order valence-electron chi connectivity index (χ3n) is 5.32. The highest BCUT2D eigenvalue weighted by molar-refractivity contribution is 5.78. The first-order chi connectivity index (χ1) is 14.2. The van der Waals surface area contributed by atoms with Gasteiger partial charge in [0, 0.05) is 30.1 Å². The van der Waals surface area contributed by atoms with Gasteiger partial charge in [0.1, 0.15) is 0 Å². The van der Waals surface area contributed by atoms with E-state index in [4.69, 9.17) is 4.98 Å². The summed E-state index contributed by atoms with van der Waals surface area (Å²) < 4.78 is 5.90. The highest BCUT2D eigenvalue weighted by atomic mass is 15.3. The van der Waals surface area contributed by atoms with Crippen molar-refractivity contribution in [2.45, 2.75) is 45.7 Å². The summed E-state index contributed by atoms with van der Waals surface area (Å²) >= 11 is 0. The highest BCUT2D eigenvalue weighted by Crippen LogP contribution is 2.27. The van der Waals surface area contributed by atoms with Gasteiger partial charge >= 0.3 is 0 Å². The molecule has 0 fully saturated rings. The van der Waals surface area contributed by atoms with Crippen LogP contribution in [0.25, 0.3) is 28.0 Å². The molecular weight excluding hydrogens is 364 g/mol. The molecule has 0 atom stereocenters. The molecule has 0 unspecified atom stereocenters. The molecule has 152 valence electrons. The maximum atomic E-state index is 4.97. The molecule has 4 heterocycles. The van der Waals surface area contributed by atoms with Gasteiger partial charge in [-0.1, -0.05) is 13.8 Å². The summed E-state index contributed by atoms with van der Waals surface area (Å²) in [5.41, 5.74) is 4.71. The lowest BCUT2D eigenvalue weighted by atomic mass is 10.1. The van der Waals surface area contributed by atoms with E-state index in [1.165, 1.54) is 0 Å². The lowest BCUT2D eigenvalue weighted by Crippen LogP contribution is -2.11. The molecule has 0 aromatic carbocycles. The molecule has 4 aromatic heterocycles. The van der Waals surface area contributed by atoms with E-state index in [0.29, 0.717) is 6.04 Å². The number of fused-ring (bicyclic) bond motifs is 1. The second-order valence-corrected chi connectivity index (χ2v) is 7.26. The summed E-state index contributed by atoms with van der Waals surface area (Å²) in [5, 5.41) is 16.7. The fourth-order valence-electron chi connectivity index (χ4n) is 3.64. The average Bonchev–Trinajstić information content (AvgIpc) is 3.49. The van der Waals surface area contributed by atoms with Crippen LogP contribution < -0.4 is 5.32 Å². The van der Waals surface area contributed by atoms with Crippen molar-refractivity contribution in [3.05, 3.63) is 43.2 Å². The second kappa shape index (κ2) is 8.57. The maximum absolute atomic E-state index is 4.97. The first kappa shape index (κ1) is 19.3. The molecule has 0 bridgehead atoms. The largest absolute Gasteiger partial charge is 0.320 e. The van der Waals surface area contributed by atoms with E-state index in [9.17, 15) is 0 Å². The molecule has 1 N–H and O–H groups in total. The number of hydrogen-bond acceptors (Lipinski definition) is 5. The Hall–Kier alpha value is -3.00. The summed E-state index contributed by atoms with van der Waals surface area (Å²) in [6.07, 6.45) is 14.8. The van der Waals surface area contributed by atoms with Crippen LogP contribution in [0, 0.1) is 0 Å². The van der Waals surface area contributed by atoms with Crippen LogP contribution in [0.2, 0.25) is 0 Å². The Morgan fingerprint density at radius 1 is 1.00 bits per heavy atom. The summed E-state index contributed by atoms with van der Waals surface area (Å²) in [6.45, 7) is 6.23. The molecule has 0 aliphatic heterocycles. The number of nitrogens with one attached hydrogen (secondary N) is 1. The lowest BCUT2D eigenvalue weighted by Gasteiger charge is -2.12. The van der Waals surface area contributed by atoms with Gasteiger partial charge in [-0.3, -0.25) is 9.36 Å². The fraction of sp³-hybridized carbons (Fsp3) is 0.429. The molecule has 0 saturated carbocycles. The monoisotopic (exact) mass is 392 g/mol.